The van der Waals surface area contributed by atoms with Crippen LogP contribution in [0.15, 0.2) is 119 Å². The molecule has 0 N–H and O–H groups in total. The third-order valence-electron chi connectivity index (χ3n) is 9.36. The number of thioether (sulfide) groups is 1. The Hall–Kier alpha value is -5.06. The number of hydrogen-bond donors (Lipinski definition) is 0. The number of aromatic nitrogens is 4. The predicted octanol–water partition coefficient (Wildman–Crippen LogP) is 7.10. The highest BCUT2D eigenvalue weighted by molar-refractivity contribution is 7.99. The van der Waals surface area contributed by atoms with Crippen LogP contribution < -0.4 is 9.91 Å². The van der Waals surface area contributed by atoms with Gasteiger partial charge < -0.3 is 4.90 Å². The third-order valence-corrected chi connectivity index (χ3v) is 10.5. The van der Waals surface area contributed by atoms with E-state index in [2.05, 4.69) is 54.5 Å². The monoisotopic (exact) mass is 671 g/mol. The number of para-hydroxylation sites is 3. The van der Waals surface area contributed by atoms with Crippen molar-refractivity contribution in [3.63, 3.8) is 0 Å². The third kappa shape index (κ3) is 4.70. The van der Waals surface area contributed by atoms with E-state index in [0.717, 1.165) is 28.1 Å². The summed E-state index contributed by atoms with van der Waals surface area (Å²) in [5.41, 5.74) is 5.31. The van der Waals surface area contributed by atoms with Gasteiger partial charge in [0.2, 0.25) is 5.16 Å². The molecule has 0 spiro atoms. The average Bonchev–Trinajstić information content (AvgIpc) is 3.77. The van der Waals surface area contributed by atoms with Gasteiger partial charge in [-0.15, -0.1) is 5.10 Å². The van der Waals surface area contributed by atoms with Gasteiger partial charge in [0.15, 0.2) is 0 Å². The van der Waals surface area contributed by atoms with Crippen molar-refractivity contribution in [1.82, 2.24) is 20.2 Å². The van der Waals surface area contributed by atoms with Gasteiger partial charge in [0, 0.05) is 27.3 Å². The van der Waals surface area contributed by atoms with Crippen molar-refractivity contribution >= 4 is 57.8 Å². The van der Waals surface area contributed by atoms with E-state index < -0.39 is 11.0 Å². The van der Waals surface area contributed by atoms with E-state index in [-0.39, 0.29) is 17.6 Å². The molecule has 11 heteroatoms. The molecule has 0 radical (unpaired) electrons. The topological polar surface area (TPSA) is 96.6 Å². The molecule has 4 aromatic carbocycles. The quantitative estimate of drug-likeness (QED) is 0.141. The first kappa shape index (κ1) is 30.3. The second-order valence-electron chi connectivity index (χ2n) is 12.9. The lowest BCUT2D eigenvalue weighted by Gasteiger charge is -2.49. The van der Waals surface area contributed by atoms with Gasteiger partial charge in [-0.05, 0) is 78.2 Å². The SMILES string of the molecule is CC1(c2ccc(Cl)cc2)CC(C)(C)N2C(=O)/C(=C3/C(=O)N(c4ccccc4)N=C3CSc3nnnn3-c3ccccc3)c3cccc1c32. The molecule has 0 saturated heterocycles. The van der Waals surface area contributed by atoms with Crippen molar-refractivity contribution in [2.24, 2.45) is 5.10 Å². The maximum Gasteiger partial charge on any atom is 0.281 e. The Morgan fingerprint density at radius 3 is 2.19 bits per heavy atom. The van der Waals surface area contributed by atoms with Crippen LogP contribution in [0.1, 0.15) is 43.9 Å². The van der Waals surface area contributed by atoms with Gasteiger partial charge in [-0.3, -0.25) is 9.59 Å². The van der Waals surface area contributed by atoms with Gasteiger partial charge in [-0.25, -0.2) is 0 Å². The summed E-state index contributed by atoms with van der Waals surface area (Å²) in [6.45, 7) is 6.40. The maximum atomic E-state index is 14.8. The maximum absolute atomic E-state index is 14.8. The van der Waals surface area contributed by atoms with Gasteiger partial charge in [-0.1, -0.05) is 97.0 Å². The van der Waals surface area contributed by atoms with Crippen LogP contribution in [0.25, 0.3) is 11.3 Å². The van der Waals surface area contributed by atoms with Crippen LogP contribution in [0, 0.1) is 0 Å². The van der Waals surface area contributed by atoms with E-state index >= 15 is 0 Å². The minimum absolute atomic E-state index is 0.203. The van der Waals surface area contributed by atoms with Gasteiger partial charge >= 0.3 is 0 Å². The molecule has 4 heterocycles. The lowest BCUT2D eigenvalue weighted by molar-refractivity contribution is -0.116. The summed E-state index contributed by atoms with van der Waals surface area (Å²) in [4.78, 5) is 31.1. The summed E-state index contributed by atoms with van der Waals surface area (Å²) >= 11 is 7.64. The minimum Gasteiger partial charge on any atom is -0.302 e. The van der Waals surface area contributed by atoms with Crippen LogP contribution in [-0.4, -0.2) is 49.0 Å². The van der Waals surface area contributed by atoms with Crippen molar-refractivity contribution < 1.29 is 9.59 Å². The van der Waals surface area contributed by atoms with Crippen LogP contribution in [0.4, 0.5) is 11.4 Å². The molecule has 2 amide bonds. The molecule has 238 valence electrons. The molecule has 0 bridgehead atoms. The molecule has 9 nitrogen and oxygen atoms in total. The van der Waals surface area contributed by atoms with Crippen molar-refractivity contribution in [2.75, 3.05) is 15.7 Å². The highest BCUT2D eigenvalue weighted by atomic mass is 35.5. The molecule has 8 rings (SSSR count). The molecular formula is C37H30ClN7O2S. The molecule has 0 saturated carbocycles. The summed E-state index contributed by atoms with van der Waals surface area (Å²) < 4.78 is 1.65. The summed E-state index contributed by atoms with van der Waals surface area (Å²) in [5.74, 6) is -0.292. The van der Waals surface area contributed by atoms with Crippen LogP contribution in [0.2, 0.25) is 5.02 Å². The number of rotatable bonds is 6. The number of halogens is 1. The number of anilines is 2. The number of hydrazone groups is 1. The van der Waals surface area contributed by atoms with Gasteiger partial charge in [0.25, 0.3) is 11.8 Å². The van der Waals surface area contributed by atoms with Crippen LogP contribution in [0.3, 0.4) is 0 Å². The Bertz CT molecular complexity index is 2160. The second kappa shape index (κ2) is 11.3. The van der Waals surface area contributed by atoms with E-state index in [4.69, 9.17) is 16.7 Å². The van der Waals surface area contributed by atoms with E-state index in [9.17, 15) is 9.59 Å². The Morgan fingerprint density at radius 2 is 1.48 bits per heavy atom. The van der Waals surface area contributed by atoms with Crippen LogP contribution in [0.5, 0.6) is 0 Å². The molecular weight excluding hydrogens is 642 g/mol. The van der Waals surface area contributed by atoms with Crippen molar-refractivity contribution in [3.8, 4) is 5.69 Å². The van der Waals surface area contributed by atoms with E-state index in [0.29, 0.717) is 39.1 Å². The van der Waals surface area contributed by atoms with Gasteiger partial charge in [0.1, 0.15) is 0 Å². The standard InChI is InChI=1S/C37H30ClN7O2S/c1-36(2)22-37(3,23-17-19-24(38)20-18-23)28-16-10-15-27-30(33(46)43(36)32(27)28)31-29(40-44(34(31)47)25-11-6-4-7-12-25)21-48-35-39-41-42-45(35)26-13-8-5-9-14-26/h4-20H,21-22H2,1-3H3/b31-30+. The Morgan fingerprint density at radius 1 is 0.792 bits per heavy atom. The van der Waals surface area contributed by atoms with Crippen LogP contribution in [-0.2, 0) is 15.0 Å². The average molecular weight is 672 g/mol. The number of benzene rings is 4. The van der Waals surface area contributed by atoms with E-state index in [1.54, 1.807) is 4.68 Å². The number of carbonyl (C=O) groups excluding carboxylic acids is 2. The first-order chi connectivity index (χ1) is 23.2. The molecule has 0 fully saturated rings. The predicted molar refractivity (Wildman–Crippen MR) is 189 cm³/mol. The largest absolute Gasteiger partial charge is 0.302 e. The normalized spacial score (nSPS) is 21.1. The van der Waals surface area contributed by atoms with E-state index in [1.807, 2.05) is 89.8 Å². The summed E-state index contributed by atoms with van der Waals surface area (Å²) in [7, 11) is 0. The Kier molecular flexibility index (Phi) is 7.12. The van der Waals surface area contributed by atoms with Gasteiger partial charge in [-0.2, -0.15) is 14.8 Å². The zero-order valence-corrected chi connectivity index (χ0v) is 28.0. The van der Waals surface area contributed by atoms with Crippen LogP contribution >= 0.6 is 23.4 Å². The number of tetrazole rings is 1. The molecule has 5 aromatic rings. The summed E-state index contributed by atoms with van der Waals surface area (Å²) in [6, 6.07) is 32.8. The molecule has 48 heavy (non-hydrogen) atoms. The minimum atomic E-state index is -0.568. The zero-order chi connectivity index (χ0) is 33.2. The second-order valence-corrected chi connectivity index (χ2v) is 14.3. The fourth-order valence-electron chi connectivity index (χ4n) is 7.37. The number of nitrogens with zero attached hydrogens (tertiary/aromatic N) is 7. The molecule has 1 unspecified atom stereocenters. The van der Waals surface area contributed by atoms with Crippen molar-refractivity contribution in [1.29, 1.82) is 0 Å². The highest BCUT2D eigenvalue weighted by Crippen LogP contribution is 2.56. The number of hydrogen-bond acceptors (Lipinski definition) is 7. The lowest BCUT2D eigenvalue weighted by Crippen LogP contribution is -2.54. The number of amides is 2. The van der Waals surface area contributed by atoms with Gasteiger partial charge in [0.05, 0.1) is 33.9 Å². The van der Waals surface area contributed by atoms with Crippen molar-refractivity contribution in [2.45, 2.75) is 43.3 Å². The molecule has 3 aliphatic rings. The highest BCUT2D eigenvalue weighted by Gasteiger charge is 2.54. The molecule has 1 aromatic heterocycles. The lowest BCUT2D eigenvalue weighted by atomic mass is 9.65. The zero-order valence-electron chi connectivity index (χ0n) is 26.5. The van der Waals surface area contributed by atoms with E-state index in [1.165, 1.54) is 16.8 Å². The molecule has 1 atom stereocenters. The number of carbonyl (C=O) groups is 2. The fourth-order valence-corrected chi connectivity index (χ4v) is 8.32. The summed E-state index contributed by atoms with van der Waals surface area (Å²) in [5, 5.41) is 19.8. The molecule has 0 aliphatic carbocycles. The Balaban J connectivity index is 1.28. The first-order valence-electron chi connectivity index (χ1n) is 15.6. The summed E-state index contributed by atoms with van der Waals surface area (Å²) in [6.07, 6.45) is 0.676. The fraction of sp³-hybridized carbons (Fsp3) is 0.189. The smallest absolute Gasteiger partial charge is 0.281 e. The van der Waals surface area contributed by atoms with Crippen molar-refractivity contribution in [3.05, 3.63) is 130 Å². The Labute approximate surface area is 286 Å². The molecule has 3 aliphatic heterocycles. The first-order valence-corrected chi connectivity index (χ1v) is 17.0.